The van der Waals surface area contributed by atoms with E-state index in [0.29, 0.717) is 12.3 Å². The second-order valence-corrected chi connectivity index (χ2v) is 5.41. The minimum absolute atomic E-state index is 0.266. The molecule has 84 valence electrons. The topological polar surface area (TPSA) is 26.3 Å². The Bertz CT molecular complexity index is 439. The van der Waals surface area contributed by atoms with Crippen LogP contribution in [0.3, 0.4) is 0 Å². The molecule has 0 radical (unpaired) electrons. The SMILES string of the molecule is C[C@]12C[C@@H](c3ccccc3)[C@](C)(CC1=O)O2. The van der Waals surface area contributed by atoms with E-state index in [-0.39, 0.29) is 11.4 Å². The second kappa shape index (κ2) is 2.95. The van der Waals surface area contributed by atoms with Crippen molar-refractivity contribution in [1.29, 1.82) is 0 Å². The summed E-state index contributed by atoms with van der Waals surface area (Å²) in [5.74, 6) is 0.624. The van der Waals surface area contributed by atoms with Crippen LogP contribution in [0.2, 0.25) is 0 Å². The molecule has 1 aromatic carbocycles. The number of ketones is 1. The van der Waals surface area contributed by atoms with Gasteiger partial charge in [-0.05, 0) is 25.8 Å². The summed E-state index contributed by atoms with van der Waals surface area (Å²) < 4.78 is 5.98. The van der Waals surface area contributed by atoms with Crippen LogP contribution in [-0.2, 0) is 9.53 Å². The number of carbonyl (C=O) groups is 1. The maximum absolute atomic E-state index is 11.8. The molecule has 2 heterocycles. The first-order chi connectivity index (χ1) is 7.54. The molecule has 3 rings (SSSR count). The lowest BCUT2D eigenvalue weighted by molar-refractivity contribution is -0.129. The van der Waals surface area contributed by atoms with Crippen molar-refractivity contribution in [1.82, 2.24) is 0 Å². The highest BCUT2D eigenvalue weighted by molar-refractivity contribution is 5.91. The van der Waals surface area contributed by atoms with Gasteiger partial charge in [0, 0.05) is 12.3 Å². The molecule has 2 fully saturated rings. The van der Waals surface area contributed by atoms with Crippen molar-refractivity contribution in [2.75, 3.05) is 0 Å². The number of benzene rings is 1. The third-order valence-corrected chi connectivity index (χ3v) is 4.09. The molecule has 0 unspecified atom stereocenters. The van der Waals surface area contributed by atoms with Crippen molar-refractivity contribution in [2.24, 2.45) is 0 Å². The van der Waals surface area contributed by atoms with E-state index < -0.39 is 5.60 Å². The molecule has 3 atom stereocenters. The van der Waals surface area contributed by atoms with Crippen LogP contribution in [0.15, 0.2) is 30.3 Å². The van der Waals surface area contributed by atoms with Gasteiger partial charge >= 0.3 is 0 Å². The molecule has 2 heteroatoms. The Morgan fingerprint density at radius 2 is 1.94 bits per heavy atom. The largest absolute Gasteiger partial charge is 0.360 e. The molecule has 2 aliphatic rings. The Balaban J connectivity index is 2.00. The number of hydrogen-bond acceptors (Lipinski definition) is 2. The molecule has 2 bridgehead atoms. The first-order valence-electron chi connectivity index (χ1n) is 5.82. The highest BCUT2D eigenvalue weighted by atomic mass is 16.5. The number of fused-ring (bicyclic) bond motifs is 2. The average Bonchev–Trinajstić information content (AvgIpc) is 2.64. The predicted octanol–water partition coefficient (Wildman–Crippen LogP) is 2.68. The summed E-state index contributed by atoms with van der Waals surface area (Å²) in [7, 11) is 0. The van der Waals surface area contributed by atoms with Gasteiger partial charge in [-0.1, -0.05) is 30.3 Å². The molecule has 0 saturated carbocycles. The first kappa shape index (κ1) is 10.0. The Morgan fingerprint density at radius 1 is 1.25 bits per heavy atom. The molecule has 0 amide bonds. The van der Waals surface area contributed by atoms with E-state index in [9.17, 15) is 4.79 Å². The number of Topliss-reactive ketones (excluding diaryl/α,β-unsaturated/α-hetero) is 1. The zero-order chi connectivity index (χ0) is 11.4. The molecule has 2 nitrogen and oxygen atoms in total. The summed E-state index contributed by atoms with van der Waals surface area (Å²) in [6.45, 7) is 4.00. The lowest BCUT2D eigenvalue weighted by Crippen LogP contribution is -2.34. The van der Waals surface area contributed by atoms with Gasteiger partial charge in [0.05, 0.1) is 5.60 Å². The Hall–Kier alpha value is -1.15. The maximum Gasteiger partial charge on any atom is 0.167 e. The quantitative estimate of drug-likeness (QED) is 0.721. The van der Waals surface area contributed by atoms with Crippen LogP contribution in [0, 0.1) is 0 Å². The van der Waals surface area contributed by atoms with Crippen molar-refractivity contribution >= 4 is 5.78 Å². The van der Waals surface area contributed by atoms with Gasteiger partial charge in [-0.2, -0.15) is 0 Å². The molecule has 0 aliphatic carbocycles. The summed E-state index contributed by atoms with van der Waals surface area (Å²) in [5, 5.41) is 0. The third-order valence-electron chi connectivity index (χ3n) is 4.09. The smallest absolute Gasteiger partial charge is 0.167 e. The molecule has 0 aromatic heterocycles. The summed E-state index contributed by atoms with van der Waals surface area (Å²) in [6.07, 6.45) is 1.38. The molecule has 1 aromatic rings. The van der Waals surface area contributed by atoms with Gasteiger partial charge in [-0.25, -0.2) is 0 Å². The second-order valence-electron chi connectivity index (χ2n) is 5.41. The van der Waals surface area contributed by atoms with Crippen LogP contribution >= 0.6 is 0 Å². The number of carbonyl (C=O) groups excluding carboxylic acids is 1. The van der Waals surface area contributed by atoms with Crippen molar-refractivity contribution in [3.05, 3.63) is 35.9 Å². The van der Waals surface area contributed by atoms with Crippen LogP contribution in [0.25, 0.3) is 0 Å². The molecule has 0 spiro atoms. The summed E-state index contributed by atoms with van der Waals surface area (Å²) in [6, 6.07) is 10.4. The first-order valence-corrected chi connectivity index (χ1v) is 5.82. The minimum atomic E-state index is -0.532. The van der Waals surface area contributed by atoms with E-state index in [4.69, 9.17) is 4.74 Å². The van der Waals surface area contributed by atoms with Crippen LogP contribution in [0.4, 0.5) is 0 Å². The lowest BCUT2D eigenvalue weighted by Gasteiger charge is -2.28. The zero-order valence-electron chi connectivity index (χ0n) is 9.69. The number of rotatable bonds is 1. The summed E-state index contributed by atoms with van der Waals surface area (Å²) >= 11 is 0. The van der Waals surface area contributed by atoms with E-state index in [1.807, 2.05) is 13.0 Å². The molecular weight excluding hydrogens is 200 g/mol. The van der Waals surface area contributed by atoms with E-state index in [2.05, 4.69) is 31.2 Å². The van der Waals surface area contributed by atoms with Gasteiger partial charge in [0.2, 0.25) is 0 Å². The third kappa shape index (κ3) is 1.20. The fourth-order valence-electron chi connectivity index (χ4n) is 3.22. The maximum atomic E-state index is 11.8. The highest BCUT2D eigenvalue weighted by Crippen LogP contribution is 2.55. The van der Waals surface area contributed by atoms with E-state index in [0.717, 1.165) is 6.42 Å². The number of ether oxygens (including phenoxy) is 1. The van der Waals surface area contributed by atoms with Crippen molar-refractivity contribution in [3.63, 3.8) is 0 Å². The fourth-order valence-corrected chi connectivity index (χ4v) is 3.22. The average molecular weight is 216 g/mol. The molecule has 16 heavy (non-hydrogen) atoms. The molecule has 0 N–H and O–H groups in total. The number of hydrogen-bond donors (Lipinski definition) is 0. The van der Waals surface area contributed by atoms with Gasteiger partial charge in [0.1, 0.15) is 5.60 Å². The predicted molar refractivity (Wildman–Crippen MR) is 61.3 cm³/mol. The van der Waals surface area contributed by atoms with Crippen LogP contribution in [0.1, 0.15) is 38.2 Å². The monoisotopic (exact) mass is 216 g/mol. The van der Waals surface area contributed by atoms with Crippen molar-refractivity contribution in [3.8, 4) is 0 Å². The van der Waals surface area contributed by atoms with E-state index in [1.54, 1.807) is 0 Å². The summed E-state index contributed by atoms with van der Waals surface area (Å²) in [5.41, 5.74) is 0.476. The summed E-state index contributed by atoms with van der Waals surface area (Å²) in [4.78, 5) is 11.8. The Morgan fingerprint density at radius 3 is 2.44 bits per heavy atom. The standard InChI is InChI=1S/C14H16O2/c1-13-9-12(15)14(2,16-13)8-11(13)10-6-4-3-5-7-10/h3-7,11H,8-9H2,1-2H3/t11-,13-,14-/m0/s1. The molecular formula is C14H16O2. The Kier molecular flexibility index (Phi) is 1.85. The Labute approximate surface area is 95.6 Å². The fraction of sp³-hybridized carbons (Fsp3) is 0.500. The van der Waals surface area contributed by atoms with E-state index in [1.165, 1.54) is 5.56 Å². The van der Waals surface area contributed by atoms with Gasteiger partial charge in [0.15, 0.2) is 5.78 Å². The van der Waals surface area contributed by atoms with Gasteiger partial charge in [-0.3, -0.25) is 4.79 Å². The highest BCUT2D eigenvalue weighted by Gasteiger charge is 2.61. The molecule has 2 saturated heterocycles. The normalized spacial score (nSPS) is 41.6. The van der Waals surface area contributed by atoms with Crippen LogP contribution in [0.5, 0.6) is 0 Å². The zero-order valence-corrected chi connectivity index (χ0v) is 9.69. The van der Waals surface area contributed by atoms with Crippen molar-refractivity contribution in [2.45, 2.75) is 43.8 Å². The van der Waals surface area contributed by atoms with Crippen LogP contribution < -0.4 is 0 Å². The van der Waals surface area contributed by atoms with Gasteiger partial charge in [0.25, 0.3) is 0 Å². The molecule has 2 aliphatic heterocycles. The van der Waals surface area contributed by atoms with Gasteiger partial charge in [-0.15, -0.1) is 0 Å². The van der Waals surface area contributed by atoms with Crippen LogP contribution in [-0.4, -0.2) is 17.0 Å². The minimum Gasteiger partial charge on any atom is -0.360 e. The lowest BCUT2D eigenvalue weighted by atomic mass is 9.72. The van der Waals surface area contributed by atoms with E-state index >= 15 is 0 Å². The van der Waals surface area contributed by atoms with Crippen molar-refractivity contribution < 1.29 is 9.53 Å². The van der Waals surface area contributed by atoms with Gasteiger partial charge < -0.3 is 4.74 Å².